The Hall–Kier alpha value is -1.17. The van der Waals surface area contributed by atoms with E-state index >= 15 is 0 Å². The molecule has 1 aliphatic heterocycles. The van der Waals surface area contributed by atoms with Crippen molar-refractivity contribution in [2.24, 2.45) is 0 Å². The second-order valence-electron chi connectivity index (χ2n) is 14.4. The van der Waals surface area contributed by atoms with Crippen molar-refractivity contribution in [3.8, 4) is 0 Å². The topological polar surface area (TPSA) is 52.6 Å². The molecule has 0 radical (unpaired) electrons. The minimum absolute atomic E-state index is 0.0287. The van der Waals surface area contributed by atoms with Crippen molar-refractivity contribution in [3.05, 3.63) is 48.6 Å². The third-order valence-electron chi connectivity index (χ3n) is 9.47. The number of allylic oxidation sites excluding steroid dienone is 8. The molecule has 0 amide bonds. The van der Waals surface area contributed by atoms with Crippen LogP contribution < -0.4 is 0 Å². The molecule has 1 saturated heterocycles. The Morgan fingerprint density at radius 2 is 0.938 bits per heavy atom. The van der Waals surface area contributed by atoms with Crippen LogP contribution in [0.25, 0.3) is 0 Å². The van der Waals surface area contributed by atoms with E-state index in [1.54, 1.807) is 0 Å². The lowest BCUT2D eigenvalue weighted by Gasteiger charge is -2.28. The van der Waals surface area contributed by atoms with Gasteiger partial charge in [-0.1, -0.05) is 140 Å². The lowest BCUT2D eigenvalue weighted by atomic mass is 9.98. The number of hydrogen-bond acceptors (Lipinski definition) is 4. The maximum absolute atomic E-state index is 11.6. The van der Waals surface area contributed by atoms with Crippen LogP contribution in [0.5, 0.6) is 0 Å². The fourth-order valence-electron chi connectivity index (χ4n) is 6.48. The Bertz CT molecular complexity index is 884. The van der Waals surface area contributed by atoms with Crippen LogP contribution in [-0.2, 0) is 19.3 Å². The molecule has 0 N–H and O–H groups in total. The highest BCUT2D eigenvalue weighted by Crippen LogP contribution is 2.36. The van der Waals surface area contributed by atoms with Gasteiger partial charge < -0.3 is 9.47 Å². The summed E-state index contributed by atoms with van der Waals surface area (Å²) in [5, 5.41) is 0. The van der Waals surface area contributed by atoms with Crippen molar-refractivity contribution >= 4 is 9.84 Å². The molecular formula is C43H78O4S. The van der Waals surface area contributed by atoms with E-state index in [1.165, 1.54) is 135 Å². The van der Waals surface area contributed by atoms with Gasteiger partial charge in [-0.05, 0) is 89.9 Å². The average molecular weight is 691 g/mol. The quantitative estimate of drug-likeness (QED) is 0.0498. The van der Waals surface area contributed by atoms with Crippen molar-refractivity contribution in [1.29, 1.82) is 0 Å². The number of hydrogen-bond donors (Lipinski definition) is 0. The number of ether oxygens (including phenoxy) is 2. The van der Waals surface area contributed by atoms with E-state index in [9.17, 15) is 8.42 Å². The Morgan fingerprint density at radius 3 is 1.35 bits per heavy atom. The fourth-order valence-corrected chi connectivity index (χ4v) is 7.18. The largest absolute Gasteiger partial charge is 0.347 e. The van der Waals surface area contributed by atoms with Gasteiger partial charge in [-0.25, -0.2) is 8.42 Å². The Balaban J connectivity index is 2.23. The van der Waals surface area contributed by atoms with Crippen LogP contribution in [0.1, 0.15) is 194 Å². The van der Waals surface area contributed by atoms with Crippen LogP contribution in [0.3, 0.4) is 0 Å². The first-order valence-corrected chi connectivity index (χ1v) is 22.6. The first-order chi connectivity index (χ1) is 23.4. The normalized spacial score (nSPS) is 16.9. The lowest BCUT2D eigenvalue weighted by molar-refractivity contribution is -0.179. The Kier molecular flexibility index (Phi) is 29.7. The van der Waals surface area contributed by atoms with Crippen LogP contribution in [0.15, 0.2) is 48.6 Å². The summed E-state index contributed by atoms with van der Waals surface area (Å²) in [5.41, 5.74) is 0. The molecule has 1 rings (SSSR count). The molecule has 1 fully saturated rings. The van der Waals surface area contributed by atoms with Gasteiger partial charge in [0.2, 0.25) is 0 Å². The molecule has 0 aromatic heterocycles. The standard InChI is InChI=1S/C43H78O4S/c1-4-6-8-10-12-14-16-18-20-22-24-26-28-30-32-34-38-43(46-41-42(47-43)37-36-40-48(3,44)45)39-35-33-31-29-27-25-23-21-19-17-15-13-11-9-7-5-2/h12-15,18-21,42H,4-11,16-17,22-41H2,1-3H3/b14-12-,15-13-,20-18-,21-19-. The van der Waals surface area contributed by atoms with Crippen molar-refractivity contribution in [2.45, 2.75) is 206 Å². The summed E-state index contributed by atoms with van der Waals surface area (Å²) in [5.74, 6) is -0.224. The van der Waals surface area contributed by atoms with E-state index in [-0.39, 0.29) is 11.9 Å². The smallest absolute Gasteiger partial charge is 0.168 e. The fraction of sp³-hybridized carbons (Fsp3) is 0.814. The Labute approximate surface area is 299 Å². The van der Waals surface area contributed by atoms with Gasteiger partial charge in [0.1, 0.15) is 9.84 Å². The molecule has 1 unspecified atom stereocenters. The SMILES string of the molecule is CCCCC/C=C\C/C=C\CCCCCCCCC1(CCCCCCCC/C=C\C/C=C\CCCCC)OCC(CCCS(C)(=O)=O)O1. The van der Waals surface area contributed by atoms with Gasteiger partial charge in [-0.3, -0.25) is 0 Å². The summed E-state index contributed by atoms with van der Waals surface area (Å²) in [6, 6.07) is 0. The average Bonchev–Trinajstić information content (AvgIpc) is 3.46. The molecule has 1 heterocycles. The predicted octanol–water partition coefficient (Wildman–Crippen LogP) is 13.3. The summed E-state index contributed by atoms with van der Waals surface area (Å²) in [4.78, 5) is 0. The molecule has 4 nitrogen and oxygen atoms in total. The molecule has 5 heteroatoms. The zero-order valence-corrected chi connectivity index (χ0v) is 32.8. The van der Waals surface area contributed by atoms with E-state index in [1.807, 2.05) is 0 Å². The van der Waals surface area contributed by atoms with Crippen LogP contribution in [-0.4, -0.2) is 38.9 Å². The van der Waals surface area contributed by atoms with Crippen LogP contribution >= 0.6 is 0 Å². The second kappa shape index (κ2) is 31.8. The zero-order chi connectivity index (χ0) is 34.9. The van der Waals surface area contributed by atoms with E-state index in [4.69, 9.17) is 9.47 Å². The molecule has 0 bridgehead atoms. The van der Waals surface area contributed by atoms with Gasteiger partial charge in [0, 0.05) is 24.9 Å². The van der Waals surface area contributed by atoms with E-state index < -0.39 is 15.6 Å². The number of unbranched alkanes of at least 4 members (excludes halogenated alkanes) is 18. The molecular weight excluding hydrogens is 613 g/mol. The first-order valence-electron chi connectivity index (χ1n) is 20.5. The molecule has 0 aromatic carbocycles. The number of rotatable bonds is 34. The maximum Gasteiger partial charge on any atom is 0.168 e. The highest BCUT2D eigenvalue weighted by molar-refractivity contribution is 7.90. The summed E-state index contributed by atoms with van der Waals surface area (Å²) in [6.07, 6.45) is 53.4. The van der Waals surface area contributed by atoms with Crippen molar-refractivity contribution < 1.29 is 17.9 Å². The molecule has 0 aliphatic carbocycles. The zero-order valence-electron chi connectivity index (χ0n) is 32.0. The predicted molar refractivity (Wildman–Crippen MR) is 210 cm³/mol. The molecule has 48 heavy (non-hydrogen) atoms. The minimum atomic E-state index is -2.93. The van der Waals surface area contributed by atoms with Gasteiger partial charge in [0.25, 0.3) is 0 Å². The molecule has 280 valence electrons. The summed E-state index contributed by atoms with van der Waals surface area (Å²) < 4.78 is 36.2. The monoisotopic (exact) mass is 691 g/mol. The molecule has 1 atom stereocenters. The van der Waals surface area contributed by atoms with Crippen molar-refractivity contribution in [1.82, 2.24) is 0 Å². The van der Waals surface area contributed by atoms with Crippen LogP contribution in [0.4, 0.5) is 0 Å². The van der Waals surface area contributed by atoms with Gasteiger partial charge in [0.15, 0.2) is 5.79 Å². The third kappa shape index (κ3) is 28.6. The Morgan fingerprint density at radius 1 is 0.542 bits per heavy atom. The van der Waals surface area contributed by atoms with Crippen molar-refractivity contribution in [3.63, 3.8) is 0 Å². The number of sulfone groups is 1. The van der Waals surface area contributed by atoms with Gasteiger partial charge in [-0.2, -0.15) is 0 Å². The first kappa shape index (κ1) is 44.9. The molecule has 0 aromatic rings. The van der Waals surface area contributed by atoms with Crippen LogP contribution in [0, 0.1) is 0 Å². The van der Waals surface area contributed by atoms with Gasteiger partial charge in [-0.15, -0.1) is 0 Å². The lowest BCUT2D eigenvalue weighted by Crippen LogP contribution is -2.31. The highest BCUT2D eigenvalue weighted by Gasteiger charge is 2.40. The van der Waals surface area contributed by atoms with E-state index in [0.29, 0.717) is 13.0 Å². The van der Waals surface area contributed by atoms with E-state index in [0.717, 1.165) is 44.9 Å². The van der Waals surface area contributed by atoms with Gasteiger partial charge in [0.05, 0.1) is 12.7 Å². The molecule has 0 saturated carbocycles. The molecule has 0 spiro atoms. The summed E-state index contributed by atoms with van der Waals surface area (Å²) in [6.45, 7) is 5.12. The minimum Gasteiger partial charge on any atom is -0.347 e. The second-order valence-corrected chi connectivity index (χ2v) is 16.7. The highest BCUT2D eigenvalue weighted by atomic mass is 32.2. The van der Waals surface area contributed by atoms with Crippen molar-refractivity contribution in [2.75, 3.05) is 18.6 Å². The third-order valence-corrected chi connectivity index (χ3v) is 10.5. The maximum atomic E-state index is 11.6. The summed E-state index contributed by atoms with van der Waals surface area (Å²) >= 11 is 0. The van der Waals surface area contributed by atoms with Gasteiger partial charge >= 0.3 is 0 Å². The summed E-state index contributed by atoms with van der Waals surface area (Å²) in [7, 11) is -2.93. The molecule has 1 aliphatic rings. The van der Waals surface area contributed by atoms with Crippen LogP contribution in [0.2, 0.25) is 0 Å². The van der Waals surface area contributed by atoms with E-state index in [2.05, 4.69) is 62.5 Å².